The second kappa shape index (κ2) is 13.6. The summed E-state index contributed by atoms with van der Waals surface area (Å²) in [6, 6.07) is 8.37. The van der Waals surface area contributed by atoms with Gasteiger partial charge in [-0.1, -0.05) is 13.8 Å². The number of aromatic nitrogens is 2. The molecule has 3 aliphatic rings. The lowest BCUT2D eigenvalue weighted by molar-refractivity contribution is 0.0904. The van der Waals surface area contributed by atoms with E-state index < -0.39 is 32.5 Å². The molecule has 248 valence electrons. The van der Waals surface area contributed by atoms with Crippen molar-refractivity contribution in [3.63, 3.8) is 0 Å². The summed E-state index contributed by atoms with van der Waals surface area (Å²) < 4.78 is 60.9. The van der Waals surface area contributed by atoms with Crippen molar-refractivity contribution in [2.45, 2.75) is 63.1 Å². The number of piperidine rings is 1. The van der Waals surface area contributed by atoms with E-state index in [0.717, 1.165) is 61.0 Å². The summed E-state index contributed by atoms with van der Waals surface area (Å²) in [6.07, 6.45) is 2.96. The summed E-state index contributed by atoms with van der Waals surface area (Å²) in [5, 5.41) is 17.3. The molecule has 2 fully saturated rings. The van der Waals surface area contributed by atoms with Gasteiger partial charge >= 0.3 is 0 Å². The Hall–Kier alpha value is -3.59. The number of carbonyl (C=O) groups is 1. The molecular weight excluding hydrogens is 616 g/mol. The zero-order chi connectivity index (χ0) is 32.4. The van der Waals surface area contributed by atoms with Crippen molar-refractivity contribution in [1.82, 2.24) is 19.4 Å². The molecule has 0 aliphatic carbocycles. The van der Waals surface area contributed by atoms with E-state index in [0.29, 0.717) is 60.2 Å². The number of hydrogen-bond acceptors (Lipinski definition) is 8. The fourth-order valence-corrected chi connectivity index (χ4v) is 7.99. The fourth-order valence-electron chi connectivity index (χ4n) is 6.54. The van der Waals surface area contributed by atoms with Crippen LogP contribution in [0.5, 0.6) is 0 Å². The van der Waals surface area contributed by atoms with Crippen molar-refractivity contribution in [1.29, 1.82) is 0 Å². The summed E-state index contributed by atoms with van der Waals surface area (Å²) in [5.41, 5.74) is 3.24. The molecule has 4 heterocycles. The maximum absolute atomic E-state index is 13.8. The van der Waals surface area contributed by atoms with Crippen LogP contribution in [0.2, 0.25) is 0 Å². The van der Waals surface area contributed by atoms with Gasteiger partial charge in [-0.05, 0) is 62.1 Å². The Balaban J connectivity index is 1.22. The van der Waals surface area contributed by atoms with Gasteiger partial charge in [-0.25, -0.2) is 17.2 Å². The molecular formula is C32H41F2N7O4S. The molecule has 0 saturated carbocycles. The summed E-state index contributed by atoms with van der Waals surface area (Å²) >= 11 is 0. The molecule has 2 aromatic carbocycles. The number of fused-ring (bicyclic) bond motifs is 1. The molecule has 14 heteroatoms. The van der Waals surface area contributed by atoms with E-state index in [1.807, 2.05) is 12.1 Å². The van der Waals surface area contributed by atoms with E-state index >= 15 is 0 Å². The predicted octanol–water partition coefficient (Wildman–Crippen LogP) is 4.42. The molecule has 1 amide bonds. The van der Waals surface area contributed by atoms with E-state index in [1.54, 1.807) is 6.07 Å². The number of amides is 1. The lowest BCUT2D eigenvalue weighted by Crippen LogP contribution is -2.45. The highest BCUT2D eigenvalue weighted by Gasteiger charge is 2.33. The van der Waals surface area contributed by atoms with E-state index in [9.17, 15) is 22.0 Å². The Bertz CT molecular complexity index is 1660. The summed E-state index contributed by atoms with van der Waals surface area (Å²) in [7, 11) is -4.20. The maximum Gasteiger partial charge on any atom is 0.258 e. The van der Waals surface area contributed by atoms with E-state index in [1.165, 1.54) is 0 Å². The third-order valence-electron chi connectivity index (χ3n) is 9.24. The molecule has 6 rings (SSSR count). The predicted molar refractivity (Wildman–Crippen MR) is 171 cm³/mol. The topological polar surface area (TPSA) is 132 Å². The third kappa shape index (κ3) is 7.04. The Morgan fingerprint density at radius 2 is 1.83 bits per heavy atom. The molecule has 3 aliphatic heterocycles. The minimum atomic E-state index is -4.20. The highest BCUT2D eigenvalue weighted by molar-refractivity contribution is 7.89. The van der Waals surface area contributed by atoms with Crippen LogP contribution >= 0.6 is 0 Å². The van der Waals surface area contributed by atoms with Gasteiger partial charge in [-0.15, -0.1) is 0 Å². The minimum Gasteiger partial charge on any atom is -0.382 e. The first-order valence-electron chi connectivity index (χ1n) is 15.9. The lowest BCUT2D eigenvalue weighted by atomic mass is 9.93. The Kier molecular flexibility index (Phi) is 9.59. The number of likely N-dealkylation sites (tertiary alicyclic amines) is 1. The van der Waals surface area contributed by atoms with Gasteiger partial charge < -0.3 is 25.6 Å². The van der Waals surface area contributed by atoms with Gasteiger partial charge in [-0.2, -0.15) is 9.40 Å². The van der Waals surface area contributed by atoms with Crippen molar-refractivity contribution in [2.75, 3.05) is 55.3 Å². The SMILES string of the molecule is CCN1CCC(Nc2ccc(C(=O)Nc3n[nH]c4c3CN(S(=O)(=O)c3cc(F)cc(F)c3)CC4)c(NC3CCOCC3)c2)C(C)C1. The second-order valence-electron chi connectivity index (χ2n) is 12.4. The average Bonchev–Trinajstić information content (AvgIpc) is 3.44. The molecule has 0 radical (unpaired) electrons. The van der Waals surface area contributed by atoms with Gasteiger partial charge in [0, 0.05) is 86.6 Å². The second-order valence-corrected chi connectivity index (χ2v) is 14.3. The van der Waals surface area contributed by atoms with Crippen molar-refractivity contribution in [3.8, 4) is 0 Å². The zero-order valence-corrected chi connectivity index (χ0v) is 26.9. The van der Waals surface area contributed by atoms with Crippen LogP contribution in [0.4, 0.5) is 26.0 Å². The minimum absolute atomic E-state index is 0.0900. The monoisotopic (exact) mass is 657 g/mol. The van der Waals surface area contributed by atoms with Crippen molar-refractivity contribution in [3.05, 3.63) is 64.9 Å². The van der Waals surface area contributed by atoms with Crippen LogP contribution in [0.25, 0.3) is 0 Å². The molecule has 3 aromatic rings. The normalized spacial score (nSPS) is 21.5. The quantitative estimate of drug-likeness (QED) is 0.266. The van der Waals surface area contributed by atoms with Crippen molar-refractivity contribution in [2.24, 2.45) is 5.92 Å². The number of benzene rings is 2. The van der Waals surface area contributed by atoms with Crippen LogP contribution in [0.1, 0.15) is 54.7 Å². The number of nitrogens with zero attached hydrogens (tertiary/aromatic N) is 3. The van der Waals surface area contributed by atoms with E-state index in [2.05, 4.69) is 44.9 Å². The number of anilines is 3. The number of rotatable bonds is 9. The highest BCUT2D eigenvalue weighted by Crippen LogP contribution is 2.31. The molecule has 1 aromatic heterocycles. The largest absolute Gasteiger partial charge is 0.382 e. The van der Waals surface area contributed by atoms with Crippen LogP contribution in [0.3, 0.4) is 0 Å². The molecule has 4 N–H and O–H groups in total. The Labute approximate surface area is 268 Å². The lowest BCUT2D eigenvalue weighted by Gasteiger charge is -2.37. The van der Waals surface area contributed by atoms with Gasteiger partial charge in [0.25, 0.3) is 5.91 Å². The number of aromatic amines is 1. The molecule has 0 bridgehead atoms. The maximum atomic E-state index is 13.8. The van der Waals surface area contributed by atoms with Gasteiger partial charge in [0.15, 0.2) is 5.82 Å². The number of carbonyl (C=O) groups excluding carboxylic acids is 1. The van der Waals surface area contributed by atoms with Crippen LogP contribution in [0, 0.1) is 17.6 Å². The van der Waals surface area contributed by atoms with Gasteiger partial charge in [0.05, 0.1) is 10.5 Å². The van der Waals surface area contributed by atoms with Crippen molar-refractivity contribution >= 4 is 33.1 Å². The molecule has 2 atom stereocenters. The number of sulfonamides is 1. The zero-order valence-electron chi connectivity index (χ0n) is 26.1. The summed E-state index contributed by atoms with van der Waals surface area (Å²) in [4.78, 5) is 15.8. The Morgan fingerprint density at radius 1 is 1.07 bits per heavy atom. The number of H-pyrrole nitrogens is 1. The smallest absolute Gasteiger partial charge is 0.258 e. The number of halogens is 2. The van der Waals surface area contributed by atoms with Gasteiger partial charge in [0.1, 0.15) is 11.6 Å². The van der Waals surface area contributed by atoms with Gasteiger partial charge in [0.2, 0.25) is 10.0 Å². The highest BCUT2D eigenvalue weighted by atomic mass is 32.2. The summed E-state index contributed by atoms with van der Waals surface area (Å²) in [6.45, 7) is 8.82. The fraction of sp³-hybridized carbons (Fsp3) is 0.500. The standard InChI is InChI=1S/C32H41F2N7O4S/c1-3-40-10-6-28(20(2)18-40)36-24-4-5-26(30(17-24)35-23-8-12-45-13-9-23)32(42)37-31-27-19-41(11-7-29(27)38-39-31)46(43,44)25-15-21(33)14-22(34)16-25/h4-5,14-17,20,23,28,35-36H,3,6-13,18-19H2,1-2H3,(H2,37,38,39,42). The summed E-state index contributed by atoms with van der Waals surface area (Å²) in [5.74, 6) is -1.67. The molecule has 11 nitrogen and oxygen atoms in total. The van der Waals surface area contributed by atoms with Crippen LogP contribution in [0.15, 0.2) is 41.3 Å². The number of hydrogen-bond donors (Lipinski definition) is 4. The third-order valence-corrected chi connectivity index (χ3v) is 11.1. The number of ether oxygens (including phenoxy) is 1. The molecule has 2 saturated heterocycles. The van der Waals surface area contributed by atoms with Crippen LogP contribution < -0.4 is 16.0 Å². The average molecular weight is 658 g/mol. The van der Waals surface area contributed by atoms with Crippen LogP contribution in [-0.2, 0) is 27.7 Å². The first-order chi connectivity index (χ1) is 22.1. The first kappa shape index (κ1) is 32.4. The molecule has 2 unspecified atom stereocenters. The first-order valence-corrected chi connectivity index (χ1v) is 17.4. The van der Waals surface area contributed by atoms with E-state index in [-0.39, 0.29) is 24.9 Å². The number of nitrogens with one attached hydrogen (secondary N) is 4. The molecule has 0 spiro atoms. The Morgan fingerprint density at radius 3 is 2.54 bits per heavy atom. The van der Waals surface area contributed by atoms with Crippen molar-refractivity contribution < 1.29 is 26.7 Å². The molecule has 46 heavy (non-hydrogen) atoms. The van der Waals surface area contributed by atoms with Crippen LogP contribution in [-0.4, -0.2) is 85.2 Å². The van der Waals surface area contributed by atoms with E-state index in [4.69, 9.17) is 4.74 Å². The van der Waals surface area contributed by atoms with Gasteiger partial charge in [-0.3, -0.25) is 9.89 Å².